The minimum Gasteiger partial charge on any atom is -0.336 e. The molecule has 5 heteroatoms. The van der Waals surface area contributed by atoms with Crippen molar-refractivity contribution < 1.29 is 0 Å². The summed E-state index contributed by atoms with van der Waals surface area (Å²) in [7, 11) is 0. The maximum atomic E-state index is 5.92. The summed E-state index contributed by atoms with van der Waals surface area (Å²) in [5.74, 6) is 0.744. The smallest absolute Gasteiger partial charge is 0.227 e. The first-order chi connectivity index (χ1) is 7.16. The summed E-state index contributed by atoms with van der Waals surface area (Å²) in [5.41, 5.74) is 0.913. The average Bonchev–Trinajstić information content (AvgIpc) is 2.16. The number of piperazine rings is 1. The van der Waals surface area contributed by atoms with Crippen LogP contribution in [0, 0.1) is 6.92 Å². The van der Waals surface area contributed by atoms with Crippen LogP contribution in [0.5, 0.6) is 0 Å². The fourth-order valence-electron chi connectivity index (χ4n) is 1.78. The monoisotopic (exact) mass is 226 g/mol. The predicted molar refractivity (Wildman–Crippen MR) is 61.5 cm³/mol. The Kier molecular flexibility index (Phi) is 3.07. The largest absolute Gasteiger partial charge is 0.336 e. The van der Waals surface area contributed by atoms with Crippen molar-refractivity contribution >= 4 is 17.5 Å². The van der Waals surface area contributed by atoms with Crippen molar-refractivity contribution in [2.75, 3.05) is 24.5 Å². The first-order valence-electron chi connectivity index (χ1n) is 5.15. The predicted octanol–water partition coefficient (Wildman–Crippen LogP) is 1.24. The second kappa shape index (κ2) is 4.33. The molecule has 1 atom stereocenters. The number of anilines is 1. The quantitative estimate of drug-likeness (QED) is 0.732. The molecule has 1 fully saturated rings. The van der Waals surface area contributed by atoms with Crippen molar-refractivity contribution in [2.24, 2.45) is 0 Å². The van der Waals surface area contributed by atoms with Crippen LogP contribution in [0.25, 0.3) is 0 Å². The summed E-state index contributed by atoms with van der Waals surface area (Å²) in [6.45, 7) is 6.96. The van der Waals surface area contributed by atoms with Gasteiger partial charge in [-0.1, -0.05) is 11.6 Å². The summed E-state index contributed by atoms with van der Waals surface area (Å²) in [5, 5.41) is 3.85. The van der Waals surface area contributed by atoms with Crippen molar-refractivity contribution in [1.82, 2.24) is 15.3 Å². The molecule has 0 amide bonds. The van der Waals surface area contributed by atoms with Gasteiger partial charge in [-0.05, 0) is 19.9 Å². The lowest BCUT2D eigenvalue weighted by atomic mass is 10.2. The van der Waals surface area contributed by atoms with Crippen molar-refractivity contribution in [3.8, 4) is 0 Å². The highest BCUT2D eigenvalue weighted by atomic mass is 35.5. The van der Waals surface area contributed by atoms with Crippen LogP contribution < -0.4 is 10.2 Å². The van der Waals surface area contributed by atoms with E-state index in [-0.39, 0.29) is 0 Å². The molecule has 82 valence electrons. The lowest BCUT2D eigenvalue weighted by Gasteiger charge is -2.34. The Labute approximate surface area is 94.7 Å². The summed E-state index contributed by atoms with van der Waals surface area (Å²) in [6, 6.07) is 2.19. The third-order valence-corrected chi connectivity index (χ3v) is 2.76. The molecule has 0 saturated carbocycles. The van der Waals surface area contributed by atoms with E-state index in [0.717, 1.165) is 31.3 Å². The minimum atomic E-state index is 0.414. The molecule has 1 unspecified atom stereocenters. The van der Waals surface area contributed by atoms with Crippen molar-refractivity contribution in [3.05, 3.63) is 16.9 Å². The molecule has 1 aliphatic rings. The molecule has 0 aliphatic carbocycles. The highest BCUT2D eigenvalue weighted by molar-refractivity contribution is 6.29. The van der Waals surface area contributed by atoms with Gasteiger partial charge in [0.15, 0.2) is 0 Å². The molecule has 1 N–H and O–H groups in total. The van der Waals surface area contributed by atoms with Gasteiger partial charge in [0.2, 0.25) is 5.95 Å². The zero-order chi connectivity index (χ0) is 10.8. The molecule has 15 heavy (non-hydrogen) atoms. The van der Waals surface area contributed by atoms with E-state index in [1.165, 1.54) is 0 Å². The Morgan fingerprint density at radius 1 is 1.53 bits per heavy atom. The Morgan fingerprint density at radius 3 is 3.00 bits per heavy atom. The van der Waals surface area contributed by atoms with E-state index in [1.807, 2.05) is 6.92 Å². The first kappa shape index (κ1) is 10.6. The molecule has 4 nitrogen and oxygen atoms in total. The van der Waals surface area contributed by atoms with Crippen LogP contribution in [-0.4, -0.2) is 35.6 Å². The molecule has 2 rings (SSSR count). The first-order valence-corrected chi connectivity index (χ1v) is 5.53. The zero-order valence-electron chi connectivity index (χ0n) is 9.00. The number of aromatic nitrogens is 2. The van der Waals surface area contributed by atoms with E-state index in [4.69, 9.17) is 11.6 Å². The molecule has 1 aromatic heterocycles. The molecule has 1 aromatic rings. The van der Waals surface area contributed by atoms with Gasteiger partial charge < -0.3 is 10.2 Å². The van der Waals surface area contributed by atoms with Gasteiger partial charge in [0.1, 0.15) is 5.15 Å². The van der Waals surface area contributed by atoms with Crippen LogP contribution in [0.2, 0.25) is 5.15 Å². The molecule has 0 aromatic carbocycles. The van der Waals surface area contributed by atoms with E-state index in [1.54, 1.807) is 6.07 Å². The molecular weight excluding hydrogens is 212 g/mol. The van der Waals surface area contributed by atoms with Crippen molar-refractivity contribution in [2.45, 2.75) is 19.9 Å². The summed E-state index contributed by atoms with van der Waals surface area (Å²) in [4.78, 5) is 10.9. The van der Waals surface area contributed by atoms with Gasteiger partial charge in [-0.2, -0.15) is 0 Å². The zero-order valence-corrected chi connectivity index (χ0v) is 9.75. The van der Waals surface area contributed by atoms with E-state index in [9.17, 15) is 0 Å². The van der Waals surface area contributed by atoms with Crippen LogP contribution in [0.1, 0.15) is 12.6 Å². The maximum Gasteiger partial charge on any atom is 0.227 e. The lowest BCUT2D eigenvalue weighted by Crippen LogP contribution is -2.50. The van der Waals surface area contributed by atoms with Gasteiger partial charge in [-0.3, -0.25) is 0 Å². The fourth-order valence-corrected chi connectivity index (χ4v) is 2.02. The molecule has 0 spiro atoms. The van der Waals surface area contributed by atoms with Gasteiger partial charge >= 0.3 is 0 Å². The third kappa shape index (κ3) is 2.38. The topological polar surface area (TPSA) is 41.1 Å². The number of halogens is 1. The molecular formula is C10H15ClN4. The van der Waals surface area contributed by atoms with Gasteiger partial charge in [-0.25, -0.2) is 9.97 Å². The number of rotatable bonds is 1. The summed E-state index contributed by atoms with van der Waals surface area (Å²) in [6.07, 6.45) is 0. The summed E-state index contributed by atoms with van der Waals surface area (Å²) >= 11 is 5.92. The molecule has 1 saturated heterocycles. The van der Waals surface area contributed by atoms with E-state index < -0.39 is 0 Å². The maximum absolute atomic E-state index is 5.92. The highest BCUT2D eigenvalue weighted by Gasteiger charge is 2.20. The minimum absolute atomic E-state index is 0.414. The van der Waals surface area contributed by atoms with Crippen molar-refractivity contribution in [1.29, 1.82) is 0 Å². The lowest BCUT2D eigenvalue weighted by molar-refractivity contribution is 0.492. The highest BCUT2D eigenvalue weighted by Crippen LogP contribution is 2.16. The van der Waals surface area contributed by atoms with Crippen molar-refractivity contribution in [3.63, 3.8) is 0 Å². The number of nitrogens with one attached hydrogen (secondary N) is 1. The van der Waals surface area contributed by atoms with Crippen LogP contribution in [0.3, 0.4) is 0 Å². The number of aryl methyl sites for hydroxylation is 1. The second-order valence-electron chi connectivity index (χ2n) is 3.88. The molecule has 0 radical (unpaired) electrons. The van der Waals surface area contributed by atoms with Gasteiger partial charge in [0.05, 0.1) is 0 Å². The van der Waals surface area contributed by atoms with Gasteiger partial charge in [-0.15, -0.1) is 0 Å². The fraction of sp³-hybridized carbons (Fsp3) is 0.600. The van der Waals surface area contributed by atoms with Crippen LogP contribution in [-0.2, 0) is 0 Å². The van der Waals surface area contributed by atoms with E-state index >= 15 is 0 Å². The number of hydrogen-bond acceptors (Lipinski definition) is 4. The third-order valence-electron chi connectivity index (χ3n) is 2.57. The molecule has 2 heterocycles. The standard InChI is InChI=1S/C10H15ClN4/c1-7-5-9(11)14-10(13-7)15-4-3-12-6-8(15)2/h5,8,12H,3-4,6H2,1-2H3. The van der Waals surface area contributed by atoms with Crippen LogP contribution in [0.15, 0.2) is 6.07 Å². The Morgan fingerprint density at radius 2 is 2.33 bits per heavy atom. The Bertz CT molecular complexity index is 335. The second-order valence-corrected chi connectivity index (χ2v) is 4.27. The Balaban J connectivity index is 2.27. The van der Waals surface area contributed by atoms with Gasteiger partial charge in [0, 0.05) is 31.4 Å². The van der Waals surface area contributed by atoms with Crippen LogP contribution >= 0.6 is 11.6 Å². The number of hydrogen-bond donors (Lipinski definition) is 1. The van der Waals surface area contributed by atoms with E-state index in [0.29, 0.717) is 11.2 Å². The average molecular weight is 227 g/mol. The summed E-state index contributed by atoms with van der Waals surface area (Å²) < 4.78 is 0. The molecule has 0 bridgehead atoms. The van der Waals surface area contributed by atoms with E-state index in [2.05, 4.69) is 27.1 Å². The number of nitrogens with zero attached hydrogens (tertiary/aromatic N) is 3. The van der Waals surface area contributed by atoms with Gasteiger partial charge in [0.25, 0.3) is 0 Å². The SMILES string of the molecule is Cc1cc(Cl)nc(N2CCNCC2C)n1. The normalized spacial score (nSPS) is 21.8. The molecule has 1 aliphatic heterocycles. The van der Waals surface area contributed by atoms with Crippen LogP contribution in [0.4, 0.5) is 5.95 Å². The Hall–Kier alpha value is -0.870.